The maximum Gasteiger partial charge on any atom is 0.407 e. The van der Waals surface area contributed by atoms with Gasteiger partial charge in [-0.3, -0.25) is 0 Å². The molecule has 5 nitrogen and oxygen atoms in total. The van der Waals surface area contributed by atoms with Crippen LogP contribution >= 0.6 is 0 Å². The van der Waals surface area contributed by atoms with Gasteiger partial charge < -0.3 is 19.5 Å². The van der Waals surface area contributed by atoms with Gasteiger partial charge in [-0.2, -0.15) is 0 Å². The summed E-state index contributed by atoms with van der Waals surface area (Å²) in [6.45, 7) is 2.39. The van der Waals surface area contributed by atoms with Crippen molar-refractivity contribution in [2.24, 2.45) is 0 Å². The van der Waals surface area contributed by atoms with Gasteiger partial charge in [0.05, 0.1) is 14.2 Å². The van der Waals surface area contributed by atoms with Crippen LogP contribution in [-0.4, -0.2) is 43.9 Å². The van der Waals surface area contributed by atoms with E-state index in [4.69, 9.17) is 14.6 Å². The summed E-state index contributed by atoms with van der Waals surface area (Å²) in [6, 6.07) is 3.72. The minimum absolute atomic E-state index is 0.429. The van der Waals surface area contributed by atoms with Crippen LogP contribution in [0.1, 0.15) is 11.1 Å². The highest BCUT2D eigenvalue weighted by molar-refractivity contribution is 5.64. The second-order valence-corrected chi connectivity index (χ2v) is 4.08. The largest absolute Gasteiger partial charge is 0.497 e. The van der Waals surface area contributed by atoms with Gasteiger partial charge in [0, 0.05) is 19.7 Å². The van der Waals surface area contributed by atoms with E-state index >= 15 is 0 Å². The number of rotatable bonds is 5. The molecule has 0 heterocycles. The van der Waals surface area contributed by atoms with Crippen molar-refractivity contribution in [2.45, 2.75) is 13.3 Å². The number of aryl methyl sites for hydroxylation is 1. The van der Waals surface area contributed by atoms with Gasteiger partial charge in [0.25, 0.3) is 0 Å². The van der Waals surface area contributed by atoms with Crippen LogP contribution in [0.5, 0.6) is 11.5 Å². The van der Waals surface area contributed by atoms with E-state index in [-0.39, 0.29) is 0 Å². The van der Waals surface area contributed by atoms with Crippen molar-refractivity contribution in [3.63, 3.8) is 0 Å². The van der Waals surface area contributed by atoms with Gasteiger partial charge >= 0.3 is 6.09 Å². The second kappa shape index (κ2) is 6.14. The Morgan fingerprint density at radius 3 is 2.50 bits per heavy atom. The van der Waals surface area contributed by atoms with Crippen LogP contribution in [0.2, 0.25) is 0 Å². The predicted molar refractivity (Wildman–Crippen MR) is 68.6 cm³/mol. The number of nitrogens with zero attached hydrogens (tertiary/aromatic N) is 1. The first kappa shape index (κ1) is 14.2. The lowest BCUT2D eigenvalue weighted by molar-refractivity contribution is 0.156. The Balaban J connectivity index is 2.90. The van der Waals surface area contributed by atoms with Gasteiger partial charge in [0.2, 0.25) is 0 Å². The molecular formula is C13H19NO4. The fourth-order valence-corrected chi connectivity index (χ4v) is 1.75. The fraction of sp³-hybridized carbons (Fsp3) is 0.462. The van der Waals surface area contributed by atoms with Crippen molar-refractivity contribution >= 4 is 6.09 Å². The minimum Gasteiger partial charge on any atom is -0.497 e. The van der Waals surface area contributed by atoms with Crippen molar-refractivity contribution in [1.82, 2.24) is 4.90 Å². The molecule has 1 N–H and O–H groups in total. The molecule has 0 aromatic heterocycles. The summed E-state index contributed by atoms with van der Waals surface area (Å²) in [7, 11) is 4.75. The highest BCUT2D eigenvalue weighted by Crippen LogP contribution is 2.28. The summed E-state index contributed by atoms with van der Waals surface area (Å²) >= 11 is 0. The lowest BCUT2D eigenvalue weighted by atomic mass is 10.0. The normalized spacial score (nSPS) is 10.0. The number of ether oxygens (including phenoxy) is 2. The molecule has 0 aliphatic heterocycles. The number of carboxylic acid groups (broad SMARTS) is 1. The molecule has 0 unspecified atom stereocenters. The summed E-state index contributed by atoms with van der Waals surface area (Å²) in [5, 5.41) is 8.81. The average Bonchev–Trinajstić information content (AvgIpc) is 2.35. The van der Waals surface area contributed by atoms with Gasteiger partial charge in [-0.15, -0.1) is 0 Å². The molecule has 0 fully saturated rings. The van der Waals surface area contributed by atoms with Gasteiger partial charge in [-0.05, 0) is 30.5 Å². The number of benzene rings is 1. The molecule has 0 bridgehead atoms. The highest BCUT2D eigenvalue weighted by Gasteiger charge is 2.12. The van der Waals surface area contributed by atoms with Crippen LogP contribution in [0.3, 0.4) is 0 Å². The van der Waals surface area contributed by atoms with Crippen LogP contribution < -0.4 is 9.47 Å². The third kappa shape index (κ3) is 3.29. The molecule has 0 radical (unpaired) electrons. The van der Waals surface area contributed by atoms with Crippen molar-refractivity contribution < 1.29 is 19.4 Å². The summed E-state index contributed by atoms with van der Waals surface area (Å²) in [5.41, 5.74) is 2.04. The molecule has 0 aliphatic rings. The molecule has 0 aliphatic carbocycles. The van der Waals surface area contributed by atoms with Crippen molar-refractivity contribution in [1.29, 1.82) is 0 Å². The Morgan fingerprint density at radius 1 is 1.33 bits per heavy atom. The summed E-state index contributed by atoms with van der Waals surface area (Å²) in [4.78, 5) is 12.0. The SMILES string of the molecule is COc1cc(C)c(CCN(C)C(=O)O)c(OC)c1. The lowest BCUT2D eigenvalue weighted by Gasteiger charge is -2.17. The second-order valence-electron chi connectivity index (χ2n) is 4.08. The van der Waals surface area contributed by atoms with Crippen LogP contribution in [0.4, 0.5) is 4.79 Å². The Hall–Kier alpha value is -1.91. The molecule has 100 valence electrons. The molecule has 1 rings (SSSR count). The summed E-state index contributed by atoms with van der Waals surface area (Å²) < 4.78 is 10.5. The number of methoxy groups -OCH3 is 2. The molecular weight excluding hydrogens is 234 g/mol. The van der Waals surface area contributed by atoms with Crippen LogP contribution in [0, 0.1) is 6.92 Å². The van der Waals surface area contributed by atoms with E-state index in [0.717, 1.165) is 22.6 Å². The fourth-order valence-electron chi connectivity index (χ4n) is 1.75. The molecule has 5 heteroatoms. The Labute approximate surface area is 107 Å². The first-order valence-corrected chi connectivity index (χ1v) is 5.65. The Kier molecular flexibility index (Phi) is 4.83. The van der Waals surface area contributed by atoms with E-state index in [2.05, 4.69) is 0 Å². The van der Waals surface area contributed by atoms with E-state index in [9.17, 15) is 4.79 Å². The third-order valence-corrected chi connectivity index (χ3v) is 2.88. The topological polar surface area (TPSA) is 59.0 Å². The molecule has 18 heavy (non-hydrogen) atoms. The monoisotopic (exact) mass is 253 g/mol. The molecule has 1 amide bonds. The number of amides is 1. The number of likely N-dealkylation sites (N-methyl/N-ethyl adjacent to an activating group) is 1. The van der Waals surface area contributed by atoms with Crippen LogP contribution in [-0.2, 0) is 6.42 Å². The zero-order chi connectivity index (χ0) is 13.7. The number of carbonyl (C=O) groups is 1. The molecule has 0 spiro atoms. The van der Waals surface area contributed by atoms with E-state index in [1.807, 2.05) is 19.1 Å². The van der Waals surface area contributed by atoms with Crippen molar-refractivity contribution in [2.75, 3.05) is 27.8 Å². The molecule has 1 aromatic rings. The molecule has 0 saturated heterocycles. The number of hydrogen-bond acceptors (Lipinski definition) is 3. The average molecular weight is 253 g/mol. The van der Waals surface area contributed by atoms with E-state index in [0.29, 0.717) is 13.0 Å². The maximum atomic E-state index is 10.7. The third-order valence-electron chi connectivity index (χ3n) is 2.88. The summed E-state index contributed by atoms with van der Waals surface area (Å²) in [5.74, 6) is 1.46. The van der Waals surface area contributed by atoms with Crippen molar-refractivity contribution in [3.8, 4) is 11.5 Å². The predicted octanol–water partition coefficient (Wildman–Crippen LogP) is 2.16. The van der Waals surface area contributed by atoms with E-state index in [1.54, 1.807) is 21.3 Å². The van der Waals surface area contributed by atoms with Gasteiger partial charge in [0.1, 0.15) is 11.5 Å². The Morgan fingerprint density at radius 2 is 2.00 bits per heavy atom. The van der Waals surface area contributed by atoms with Gasteiger partial charge in [-0.25, -0.2) is 4.79 Å². The quantitative estimate of drug-likeness (QED) is 0.873. The maximum absolute atomic E-state index is 10.7. The zero-order valence-electron chi connectivity index (χ0n) is 11.2. The van der Waals surface area contributed by atoms with Crippen LogP contribution in [0.25, 0.3) is 0 Å². The first-order valence-electron chi connectivity index (χ1n) is 5.65. The van der Waals surface area contributed by atoms with Crippen LogP contribution in [0.15, 0.2) is 12.1 Å². The van der Waals surface area contributed by atoms with E-state index in [1.165, 1.54) is 4.90 Å². The van der Waals surface area contributed by atoms with E-state index < -0.39 is 6.09 Å². The first-order chi connectivity index (χ1) is 8.49. The lowest BCUT2D eigenvalue weighted by Crippen LogP contribution is -2.27. The van der Waals surface area contributed by atoms with Crippen molar-refractivity contribution in [3.05, 3.63) is 23.3 Å². The molecule has 0 atom stereocenters. The smallest absolute Gasteiger partial charge is 0.407 e. The Bertz CT molecular complexity index is 431. The molecule has 1 aromatic carbocycles. The zero-order valence-corrected chi connectivity index (χ0v) is 11.2. The standard InChI is InChI=1S/C13H19NO4/c1-9-7-10(17-3)8-12(18-4)11(9)5-6-14(2)13(15)16/h7-8H,5-6H2,1-4H3,(H,15,16). The minimum atomic E-state index is -0.930. The van der Waals surface area contributed by atoms with Gasteiger partial charge in [0.15, 0.2) is 0 Å². The summed E-state index contributed by atoms with van der Waals surface area (Å²) in [6.07, 6.45) is -0.318. The highest BCUT2D eigenvalue weighted by atomic mass is 16.5. The molecule has 0 saturated carbocycles. The van der Waals surface area contributed by atoms with Gasteiger partial charge in [-0.1, -0.05) is 0 Å². The number of hydrogen-bond donors (Lipinski definition) is 1.